The zero-order valence-corrected chi connectivity index (χ0v) is 11.1. The maximum Gasteiger partial charge on any atom is 0.100 e. The molecule has 12 heavy (non-hydrogen) atoms. The molecule has 0 unspecified atom stereocenters. The first-order valence-electron chi connectivity index (χ1n) is 3.32. The van der Waals surface area contributed by atoms with E-state index in [0.29, 0.717) is 0 Å². The van der Waals surface area contributed by atoms with Gasteiger partial charge in [0, 0.05) is 13.7 Å². The highest BCUT2D eigenvalue weighted by atomic mass is 127. The van der Waals surface area contributed by atoms with Gasteiger partial charge in [0.05, 0.1) is 3.57 Å². The highest BCUT2D eigenvalue weighted by Crippen LogP contribution is 2.36. The van der Waals surface area contributed by atoms with Gasteiger partial charge in [-0.2, -0.15) is 0 Å². The molecule has 4 heteroatoms. The number of nitrogens with two attached hydrogens (primary N) is 1. The van der Waals surface area contributed by atoms with Crippen molar-refractivity contribution in [2.45, 2.75) is 0 Å². The molecular weight excluding hydrogens is 396 g/mol. The highest BCUT2D eigenvalue weighted by molar-refractivity contribution is 14.1. The Morgan fingerprint density at radius 1 is 1.25 bits per heavy atom. The number of nitrogen functional groups attached to an aromatic ring is 1. The average molecular weight is 401 g/mol. The lowest BCUT2D eigenvalue weighted by molar-refractivity contribution is 1.75. The third-order valence-electron chi connectivity index (χ3n) is 1.63. The first-order chi connectivity index (χ1) is 5.70. The van der Waals surface area contributed by atoms with E-state index in [1.807, 2.05) is 0 Å². The summed E-state index contributed by atoms with van der Waals surface area (Å²) in [6, 6.07) is 6.29. The fourth-order valence-electron chi connectivity index (χ4n) is 1.09. The van der Waals surface area contributed by atoms with E-state index in [1.54, 1.807) is 11.3 Å². The summed E-state index contributed by atoms with van der Waals surface area (Å²) >= 11 is 6.31. The van der Waals surface area contributed by atoms with Gasteiger partial charge in [-0.25, -0.2) is 0 Å². The van der Waals surface area contributed by atoms with Gasteiger partial charge in [-0.05, 0) is 57.3 Å². The quantitative estimate of drug-likeness (QED) is 0.670. The Bertz CT molecular complexity index is 436. The molecule has 0 saturated heterocycles. The van der Waals surface area contributed by atoms with Gasteiger partial charge in [-0.3, -0.25) is 0 Å². The lowest BCUT2D eigenvalue weighted by Gasteiger charge is -1.93. The lowest BCUT2D eigenvalue weighted by atomic mass is 10.3. The molecule has 1 heterocycles. The van der Waals surface area contributed by atoms with Crippen LogP contribution in [0.1, 0.15) is 0 Å². The van der Waals surface area contributed by atoms with Gasteiger partial charge in [0.2, 0.25) is 0 Å². The zero-order valence-electron chi connectivity index (χ0n) is 5.97. The third kappa shape index (κ3) is 1.33. The number of fused-ring (bicyclic) bond motifs is 1. The Hall–Kier alpha value is 0.440. The summed E-state index contributed by atoms with van der Waals surface area (Å²) in [5.74, 6) is 0. The van der Waals surface area contributed by atoms with E-state index < -0.39 is 0 Å². The maximum absolute atomic E-state index is 5.83. The molecule has 1 aromatic carbocycles. The summed E-state index contributed by atoms with van der Waals surface area (Å²) < 4.78 is 3.75. The largest absolute Gasteiger partial charge is 0.390 e. The smallest absolute Gasteiger partial charge is 0.100 e. The molecule has 0 spiro atoms. The molecule has 2 N–H and O–H groups in total. The van der Waals surface area contributed by atoms with Crippen LogP contribution in [0.4, 0.5) is 5.00 Å². The summed E-state index contributed by atoms with van der Waals surface area (Å²) in [7, 11) is 0. The molecule has 1 aromatic heterocycles. The van der Waals surface area contributed by atoms with Gasteiger partial charge in [0.25, 0.3) is 0 Å². The van der Waals surface area contributed by atoms with Crippen LogP contribution in [0.2, 0.25) is 0 Å². The summed E-state index contributed by atoms with van der Waals surface area (Å²) in [4.78, 5) is 0. The number of benzene rings is 1. The minimum Gasteiger partial charge on any atom is -0.390 e. The van der Waals surface area contributed by atoms with Crippen molar-refractivity contribution in [2.75, 3.05) is 5.73 Å². The maximum atomic E-state index is 5.83. The monoisotopic (exact) mass is 401 g/mol. The number of anilines is 1. The Kier molecular flexibility index (Phi) is 2.48. The average Bonchev–Trinajstić information content (AvgIpc) is 2.29. The van der Waals surface area contributed by atoms with Crippen molar-refractivity contribution in [3.05, 3.63) is 25.3 Å². The summed E-state index contributed by atoms with van der Waals surface area (Å²) in [6.45, 7) is 0. The second-order valence-corrected chi connectivity index (χ2v) is 5.72. The Morgan fingerprint density at radius 3 is 2.67 bits per heavy atom. The van der Waals surface area contributed by atoms with Gasteiger partial charge >= 0.3 is 0 Å². The van der Waals surface area contributed by atoms with Crippen LogP contribution in [-0.4, -0.2) is 0 Å². The van der Waals surface area contributed by atoms with Crippen molar-refractivity contribution in [2.24, 2.45) is 0 Å². The molecule has 2 rings (SSSR count). The standard InChI is InChI=1S/C8H5I2NS/c9-4-2-1-3-5-6(4)7(10)8(11)12-5/h1-3H,11H2. The molecule has 0 radical (unpaired) electrons. The van der Waals surface area contributed by atoms with E-state index in [1.165, 1.54) is 17.2 Å². The van der Waals surface area contributed by atoms with Crippen LogP contribution in [0.5, 0.6) is 0 Å². The summed E-state index contributed by atoms with van der Waals surface area (Å²) in [6.07, 6.45) is 0. The minimum atomic E-state index is 0.926. The fraction of sp³-hybridized carbons (Fsp3) is 0. The Labute approximate surface area is 102 Å². The van der Waals surface area contributed by atoms with Crippen molar-refractivity contribution in [3.8, 4) is 0 Å². The van der Waals surface area contributed by atoms with Crippen molar-refractivity contribution in [1.29, 1.82) is 0 Å². The van der Waals surface area contributed by atoms with Crippen LogP contribution in [0.3, 0.4) is 0 Å². The van der Waals surface area contributed by atoms with Crippen LogP contribution in [-0.2, 0) is 0 Å². The molecular formula is C8H5I2NS. The number of hydrogen-bond acceptors (Lipinski definition) is 2. The van der Waals surface area contributed by atoms with E-state index in [9.17, 15) is 0 Å². The summed E-state index contributed by atoms with van der Waals surface area (Å²) in [5.41, 5.74) is 5.83. The lowest BCUT2D eigenvalue weighted by Crippen LogP contribution is -1.81. The molecule has 0 saturated carbocycles. The molecule has 0 aliphatic heterocycles. The number of thiophene rings is 1. The van der Waals surface area contributed by atoms with Gasteiger partial charge in [0.1, 0.15) is 5.00 Å². The fourth-order valence-corrected chi connectivity index (χ4v) is 4.54. The van der Waals surface area contributed by atoms with Crippen LogP contribution >= 0.6 is 56.5 Å². The number of rotatable bonds is 0. The predicted molar refractivity (Wildman–Crippen MR) is 71.7 cm³/mol. The molecule has 0 amide bonds. The molecule has 2 aromatic rings. The first kappa shape index (κ1) is 9.01. The molecule has 1 nitrogen and oxygen atoms in total. The van der Waals surface area contributed by atoms with Crippen LogP contribution < -0.4 is 5.73 Å². The highest BCUT2D eigenvalue weighted by Gasteiger charge is 2.08. The zero-order chi connectivity index (χ0) is 8.72. The molecule has 0 atom stereocenters. The van der Waals surface area contributed by atoms with Crippen molar-refractivity contribution in [1.82, 2.24) is 0 Å². The topological polar surface area (TPSA) is 26.0 Å². The Morgan fingerprint density at radius 2 is 2.00 bits per heavy atom. The van der Waals surface area contributed by atoms with E-state index in [4.69, 9.17) is 5.73 Å². The molecule has 0 bridgehead atoms. The third-order valence-corrected chi connectivity index (χ3v) is 5.00. The Balaban J connectivity index is 2.97. The molecule has 0 aliphatic rings. The van der Waals surface area contributed by atoms with Crippen LogP contribution in [0.15, 0.2) is 18.2 Å². The second-order valence-electron chi connectivity index (χ2n) is 2.39. The molecule has 0 fully saturated rings. The number of halogens is 2. The van der Waals surface area contributed by atoms with E-state index in [0.717, 1.165) is 5.00 Å². The van der Waals surface area contributed by atoms with E-state index in [-0.39, 0.29) is 0 Å². The first-order valence-corrected chi connectivity index (χ1v) is 6.29. The summed E-state index contributed by atoms with van der Waals surface area (Å²) in [5, 5.41) is 2.23. The van der Waals surface area contributed by atoms with Crippen LogP contribution in [0.25, 0.3) is 10.1 Å². The van der Waals surface area contributed by atoms with E-state index >= 15 is 0 Å². The minimum absolute atomic E-state index is 0.926. The van der Waals surface area contributed by atoms with E-state index in [2.05, 4.69) is 63.4 Å². The van der Waals surface area contributed by atoms with Gasteiger partial charge in [-0.1, -0.05) is 6.07 Å². The SMILES string of the molecule is Nc1sc2cccc(I)c2c1I. The molecule has 0 aliphatic carbocycles. The predicted octanol–water partition coefficient (Wildman–Crippen LogP) is 3.69. The van der Waals surface area contributed by atoms with Gasteiger partial charge < -0.3 is 5.73 Å². The van der Waals surface area contributed by atoms with Crippen LogP contribution in [0, 0.1) is 7.14 Å². The van der Waals surface area contributed by atoms with Gasteiger partial charge in [-0.15, -0.1) is 11.3 Å². The van der Waals surface area contributed by atoms with Crippen molar-refractivity contribution < 1.29 is 0 Å². The second kappa shape index (κ2) is 3.30. The number of hydrogen-bond donors (Lipinski definition) is 1. The van der Waals surface area contributed by atoms with Crippen molar-refractivity contribution >= 4 is 71.6 Å². The normalized spacial score (nSPS) is 10.8. The van der Waals surface area contributed by atoms with Gasteiger partial charge in [0.15, 0.2) is 0 Å². The molecule has 62 valence electrons. The van der Waals surface area contributed by atoms with Crippen molar-refractivity contribution in [3.63, 3.8) is 0 Å².